The molecule has 1 fully saturated rings. The molecule has 1 saturated heterocycles. The maximum Gasteiger partial charge on any atom is 0.411 e. The van der Waals surface area contributed by atoms with Crippen molar-refractivity contribution in [3.63, 3.8) is 0 Å². The molecule has 1 aliphatic rings. The summed E-state index contributed by atoms with van der Waals surface area (Å²) in [5, 5.41) is 3.31. The highest BCUT2D eigenvalue weighted by molar-refractivity contribution is 6.34. The number of nitrogens with one attached hydrogen (secondary N) is 1. The van der Waals surface area contributed by atoms with Gasteiger partial charge in [-0.2, -0.15) is 26.3 Å². The zero-order valence-electron chi connectivity index (χ0n) is 22.2. The van der Waals surface area contributed by atoms with Gasteiger partial charge in [-0.15, -0.1) is 0 Å². The van der Waals surface area contributed by atoms with Crippen molar-refractivity contribution in [1.82, 2.24) is 14.9 Å². The molecule has 0 bridgehead atoms. The van der Waals surface area contributed by atoms with Gasteiger partial charge in [0.05, 0.1) is 27.7 Å². The Hall–Kier alpha value is -2.70. The molecule has 4 rings (SSSR count). The Bertz CT molecular complexity index is 1410. The largest absolute Gasteiger partial charge is 0.411 e. The molecular formula is C27H28Cl2F6N4O2. The molecule has 41 heavy (non-hydrogen) atoms. The fraction of sp³-hybridized carbons (Fsp3) is 0.481. The van der Waals surface area contributed by atoms with Crippen LogP contribution < -0.4 is 10.2 Å². The van der Waals surface area contributed by atoms with Crippen LogP contribution in [-0.4, -0.2) is 53.6 Å². The minimum Gasteiger partial charge on any atom is -0.370 e. The third-order valence-corrected chi connectivity index (χ3v) is 7.73. The average molecular weight is 625 g/mol. The van der Waals surface area contributed by atoms with Crippen molar-refractivity contribution in [2.24, 2.45) is 13.0 Å². The normalized spacial score (nSPS) is 17.2. The molecule has 2 heterocycles. The average Bonchev–Trinajstić information content (AvgIpc) is 3.19. The topological polar surface area (TPSA) is 59.4 Å². The summed E-state index contributed by atoms with van der Waals surface area (Å²) >= 11 is 12.9. The van der Waals surface area contributed by atoms with E-state index < -0.39 is 36.9 Å². The van der Waals surface area contributed by atoms with Gasteiger partial charge in [0.1, 0.15) is 18.5 Å². The molecule has 2 unspecified atom stereocenters. The number of hydrogen-bond donors (Lipinski definition) is 1. The predicted octanol–water partition coefficient (Wildman–Crippen LogP) is 6.83. The Morgan fingerprint density at radius 2 is 1.88 bits per heavy atom. The summed E-state index contributed by atoms with van der Waals surface area (Å²) in [5.74, 6) is -1.48. The number of aromatic nitrogens is 2. The maximum atomic E-state index is 13.4. The molecule has 1 N–H and O–H groups in total. The monoisotopic (exact) mass is 624 g/mol. The number of fused-ring (bicyclic) bond motifs is 1. The third-order valence-electron chi connectivity index (χ3n) is 7.06. The smallest absolute Gasteiger partial charge is 0.370 e. The first-order valence-corrected chi connectivity index (χ1v) is 13.6. The van der Waals surface area contributed by atoms with Gasteiger partial charge in [-0.1, -0.05) is 35.3 Å². The first-order valence-electron chi connectivity index (χ1n) is 12.8. The fourth-order valence-corrected chi connectivity index (χ4v) is 5.25. The second-order valence-electron chi connectivity index (χ2n) is 10.1. The SMILES string of the molecule is CC(OCC(F)(F)F)C(=O)NCc1ccc(Cl)c(Cc2nc3cc(Cl)c(N4CCCC(C(F)(F)F)C4)cc3n2C)c1. The second-order valence-corrected chi connectivity index (χ2v) is 10.9. The molecule has 2 aromatic carbocycles. The van der Waals surface area contributed by atoms with Crippen LogP contribution in [0.15, 0.2) is 30.3 Å². The lowest BCUT2D eigenvalue weighted by atomic mass is 9.97. The van der Waals surface area contributed by atoms with Gasteiger partial charge in [0.2, 0.25) is 5.91 Å². The second kappa shape index (κ2) is 12.3. The van der Waals surface area contributed by atoms with Gasteiger partial charge in [0, 0.05) is 38.1 Å². The van der Waals surface area contributed by atoms with Crippen LogP contribution in [0.1, 0.15) is 36.7 Å². The predicted molar refractivity (Wildman–Crippen MR) is 144 cm³/mol. The van der Waals surface area contributed by atoms with Gasteiger partial charge in [0.15, 0.2) is 0 Å². The Morgan fingerprint density at radius 3 is 2.56 bits per heavy atom. The van der Waals surface area contributed by atoms with E-state index in [0.29, 0.717) is 63.1 Å². The molecule has 14 heteroatoms. The van der Waals surface area contributed by atoms with E-state index in [2.05, 4.69) is 15.0 Å². The van der Waals surface area contributed by atoms with Crippen molar-refractivity contribution >= 4 is 45.8 Å². The number of piperidine rings is 1. The van der Waals surface area contributed by atoms with Crippen molar-refractivity contribution in [3.05, 3.63) is 57.3 Å². The zero-order valence-corrected chi connectivity index (χ0v) is 23.7. The fourth-order valence-electron chi connectivity index (χ4n) is 4.79. The Balaban J connectivity index is 1.49. The molecule has 3 aromatic rings. The summed E-state index contributed by atoms with van der Waals surface area (Å²) in [6, 6.07) is 8.48. The Kier molecular flexibility index (Phi) is 9.35. The first kappa shape index (κ1) is 31.2. The molecular weight excluding hydrogens is 597 g/mol. The van der Waals surface area contributed by atoms with Crippen molar-refractivity contribution < 1.29 is 35.9 Å². The van der Waals surface area contributed by atoms with Crippen LogP contribution in [0.2, 0.25) is 10.0 Å². The number of ether oxygens (including phenoxy) is 1. The number of carbonyl (C=O) groups excluding carboxylic acids is 1. The number of carbonyl (C=O) groups is 1. The van der Waals surface area contributed by atoms with E-state index in [1.54, 1.807) is 42.3 Å². The highest BCUT2D eigenvalue weighted by Crippen LogP contribution is 2.38. The molecule has 6 nitrogen and oxygen atoms in total. The number of nitrogens with zero attached hydrogens (tertiary/aromatic N) is 3. The number of rotatable bonds is 8. The summed E-state index contributed by atoms with van der Waals surface area (Å²) < 4.78 is 83.5. The van der Waals surface area contributed by atoms with Crippen LogP contribution in [0.5, 0.6) is 0 Å². The summed E-state index contributed by atoms with van der Waals surface area (Å²) in [4.78, 5) is 18.5. The number of anilines is 1. The Labute approximate surface area is 242 Å². The first-order chi connectivity index (χ1) is 19.1. The van der Waals surface area contributed by atoms with Crippen molar-refractivity contribution in [1.29, 1.82) is 0 Å². The lowest BCUT2D eigenvalue weighted by Gasteiger charge is -2.35. The molecule has 0 spiro atoms. The van der Waals surface area contributed by atoms with E-state index in [9.17, 15) is 31.1 Å². The van der Waals surface area contributed by atoms with E-state index in [1.165, 1.54) is 6.92 Å². The Morgan fingerprint density at radius 1 is 1.15 bits per heavy atom. The number of hydrogen-bond acceptors (Lipinski definition) is 4. The molecule has 2 atom stereocenters. The van der Waals surface area contributed by atoms with Crippen LogP contribution in [0.25, 0.3) is 11.0 Å². The summed E-state index contributed by atoms with van der Waals surface area (Å²) in [7, 11) is 1.79. The van der Waals surface area contributed by atoms with E-state index in [1.807, 2.05) is 4.57 Å². The summed E-state index contributed by atoms with van der Waals surface area (Å²) in [6.07, 6.45) is -9.31. The molecule has 0 radical (unpaired) electrons. The van der Waals surface area contributed by atoms with Gasteiger partial charge in [-0.3, -0.25) is 4.79 Å². The number of amides is 1. The number of halogens is 8. The van der Waals surface area contributed by atoms with E-state index in [4.69, 9.17) is 23.2 Å². The van der Waals surface area contributed by atoms with E-state index in [-0.39, 0.29) is 19.5 Å². The molecule has 0 saturated carbocycles. The number of imidazole rings is 1. The number of aryl methyl sites for hydroxylation is 1. The molecule has 0 aliphatic carbocycles. The van der Waals surface area contributed by atoms with Gasteiger partial charge in [0.25, 0.3) is 0 Å². The standard InChI is InChI=1S/C27H28Cl2F6N4O2/c1-15(41-14-26(30,31)32)25(40)36-12-16-5-6-19(28)17(8-16)9-24-37-21-10-20(29)22(11-23(21)38(24)2)39-7-3-4-18(13-39)27(33,34)35/h5-6,8,10-11,15,18H,3-4,7,9,12-14H2,1-2H3,(H,36,40). The van der Waals surface area contributed by atoms with Crippen LogP contribution in [0.3, 0.4) is 0 Å². The highest BCUT2D eigenvalue weighted by Gasteiger charge is 2.42. The van der Waals surface area contributed by atoms with Crippen molar-refractivity contribution in [2.45, 2.75) is 51.2 Å². The van der Waals surface area contributed by atoms with Gasteiger partial charge >= 0.3 is 12.4 Å². The summed E-state index contributed by atoms with van der Waals surface area (Å²) in [6.45, 7) is 0.0560. The van der Waals surface area contributed by atoms with Gasteiger partial charge < -0.3 is 19.5 Å². The minimum atomic E-state index is -4.54. The van der Waals surface area contributed by atoms with E-state index >= 15 is 0 Å². The maximum absolute atomic E-state index is 13.4. The molecule has 224 valence electrons. The van der Waals surface area contributed by atoms with Crippen LogP contribution in [0, 0.1) is 5.92 Å². The van der Waals surface area contributed by atoms with Crippen LogP contribution >= 0.6 is 23.2 Å². The van der Waals surface area contributed by atoms with E-state index in [0.717, 1.165) is 0 Å². The molecule has 1 aliphatic heterocycles. The lowest BCUT2D eigenvalue weighted by Crippen LogP contribution is -2.41. The lowest BCUT2D eigenvalue weighted by molar-refractivity contribution is -0.185. The van der Waals surface area contributed by atoms with Gasteiger partial charge in [-0.25, -0.2) is 4.98 Å². The van der Waals surface area contributed by atoms with Crippen LogP contribution in [-0.2, 0) is 29.5 Å². The van der Waals surface area contributed by atoms with Crippen molar-refractivity contribution in [2.75, 3.05) is 24.6 Å². The van der Waals surface area contributed by atoms with Gasteiger partial charge in [-0.05, 0) is 49.1 Å². The number of alkyl halides is 6. The number of benzene rings is 2. The molecule has 1 amide bonds. The summed E-state index contributed by atoms with van der Waals surface area (Å²) in [5.41, 5.74) is 3.14. The quantitative estimate of drug-likeness (QED) is 0.279. The minimum absolute atomic E-state index is 0.0407. The van der Waals surface area contributed by atoms with Crippen molar-refractivity contribution in [3.8, 4) is 0 Å². The highest BCUT2D eigenvalue weighted by atomic mass is 35.5. The van der Waals surface area contributed by atoms with Crippen LogP contribution in [0.4, 0.5) is 32.0 Å². The third kappa shape index (κ3) is 7.78. The zero-order chi connectivity index (χ0) is 30.1. The molecule has 1 aromatic heterocycles.